The Morgan fingerprint density at radius 1 is 0.826 bits per heavy atom. The average Bonchev–Trinajstić information content (AvgIpc) is 2.59. The van der Waals surface area contributed by atoms with Crippen LogP contribution in [0.1, 0.15) is 11.1 Å². The number of para-hydroxylation sites is 1. The molecular formula is C20H17BrN2. The van der Waals surface area contributed by atoms with Crippen LogP contribution in [-0.2, 0) is 0 Å². The molecule has 0 aliphatic carbocycles. The molecule has 0 saturated carbocycles. The second kappa shape index (κ2) is 7.25. The number of nitrogens with one attached hydrogen (secondary N) is 1. The van der Waals surface area contributed by atoms with E-state index in [0.717, 1.165) is 27.2 Å². The van der Waals surface area contributed by atoms with Gasteiger partial charge in [-0.25, -0.2) is 4.99 Å². The molecule has 0 fully saturated rings. The van der Waals surface area contributed by atoms with Gasteiger partial charge in [0.2, 0.25) is 0 Å². The number of halogens is 1. The minimum atomic E-state index is 0.821. The molecular weight excluding hydrogens is 348 g/mol. The number of anilines is 1. The molecule has 0 aliphatic heterocycles. The summed E-state index contributed by atoms with van der Waals surface area (Å²) in [5.41, 5.74) is 4.19. The zero-order valence-electron chi connectivity index (χ0n) is 12.8. The zero-order chi connectivity index (χ0) is 16.1. The van der Waals surface area contributed by atoms with E-state index in [9.17, 15) is 0 Å². The molecule has 23 heavy (non-hydrogen) atoms. The van der Waals surface area contributed by atoms with Crippen LogP contribution in [0.3, 0.4) is 0 Å². The van der Waals surface area contributed by atoms with Gasteiger partial charge in [-0.2, -0.15) is 0 Å². The fourth-order valence-electron chi connectivity index (χ4n) is 2.20. The first-order valence-corrected chi connectivity index (χ1v) is 8.24. The maximum absolute atomic E-state index is 4.80. The fraction of sp³-hybridized carbons (Fsp3) is 0.0500. The number of amidine groups is 1. The topological polar surface area (TPSA) is 24.4 Å². The molecule has 3 rings (SSSR count). The minimum absolute atomic E-state index is 0.821. The fourth-order valence-corrected chi connectivity index (χ4v) is 2.57. The van der Waals surface area contributed by atoms with Crippen LogP contribution in [0, 0.1) is 6.92 Å². The highest BCUT2D eigenvalue weighted by Crippen LogP contribution is 2.25. The third kappa shape index (κ3) is 4.08. The molecule has 0 aromatic heterocycles. The molecule has 0 spiro atoms. The molecule has 1 N–H and O–H groups in total. The van der Waals surface area contributed by atoms with Gasteiger partial charge in [0.25, 0.3) is 0 Å². The van der Waals surface area contributed by atoms with Crippen molar-refractivity contribution in [1.82, 2.24) is 0 Å². The van der Waals surface area contributed by atoms with Crippen LogP contribution in [0.4, 0.5) is 11.4 Å². The van der Waals surface area contributed by atoms with Crippen LogP contribution in [0.2, 0.25) is 0 Å². The van der Waals surface area contributed by atoms with Crippen LogP contribution in [-0.4, -0.2) is 5.84 Å². The van der Waals surface area contributed by atoms with Crippen molar-refractivity contribution >= 4 is 33.1 Å². The number of aliphatic imine (C=N–C) groups is 1. The summed E-state index contributed by atoms with van der Waals surface area (Å²) in [4.78, 5) is 4.80. The van der Waals surface area contributed by atoms with Gasteiger partial charge >= 0.3 is 0 Å². The quantitative estimate of drug-likeness (QED) is 0.450. The molecule has 0 aliphatic rings. The number of benzene rings is 3. The van der Waals surface area contributed by atoms with Crippen LogP contribution in [0.5, 0.6) is 0 Å². The SMILES string of the molecule is Cc1ccc(NC(=Nc2ccccc2Br)c2ccccc2)cc1. The monoisotopic (exact) mass is 364 g/mol. The molecule has 0 saturated heterocycles. The lowest BCUT2D eigenvalue weighted by atomic mass is 10.2. The first kappa shape index (κ1) is 15.5. The smallest absolute Gasteiger partial charge is 0.138 e. The van der Waals surface area contributed by atoms with Gasteiger partial charge in [0.1, 0.15) is 5.84 Å². The predicted molar refractivity (Wildman–Crippen MR) is 102 cm³/mol. The van der Waals surface area contributed by atoms with Gasteiger partial charge in [0.15, 0.2) is 0 Å². The van der Waals surface area contributed by atoms with Crippen LogP contribution in [0.15, 0.2) is 88.3 Å². The highest BCUT2D eigenvalue weighted by atomic mass is 79.9. The lowest BCUT2D eigenvalue weighted by Gasteiger charge is -2.11. The molecule has 0 amide bonds. The van der Waals surface area contributed by atoms with E-state index in [1.54, 1.807) is 0 Å². The van der Waals surface area contributed by atoms with Crippen molar-refractivity contribution in [1.29, 1.82) is 0 Å². The van der Waals surface area contributed by atoms with Crippen molar-refractivity contribution in [2.24, 2.45) is 4.99 Å². The zero-order valence-corrected chi connectivity index (χ0v) is 14.4. The molecule has 0 heterocycles. The summed E-state index contributed by atoms with van der Waals surface area (Å²) in [7, 11) is 0. The molecule has 0 unspecified atom stereocenters. The Bertz CT molecular complexity index is 809. The Morgan fingerprint density at radius 3 is 2.17 bits per heavy atom. The van der Waals surface area contributed by atoms with Crippen LogP contribution < -0.4 is 5.32 Å². The Hall–Kier alpha value is -2.39. The molecule has 2 nitrogen and oxygen atoms in total. The summed E-state index contributed by atoms with van der Waals surface area (Å²) >= 11 is 3.56. The van der Waals surface area contributed by atoms with Gasteiger partial charge in [-0.15, -0.1) is 0 Å². The second-order valence-corrected chi connectivity index (χ2v) is 6.12. The minimum Gasteiger partial charge on any atom is -0.340 e. The van der Waals surface area contributed by atoms with Gasteiger partial charge in [-0.3, -0.25) is 0 Å². The first-order valence-electron chi connectivity index (χ1n) is 7.45. The maximum atomic E-state index is 4.80. The summed E-state index contributed by atoms with van der Waals surface area (Å²) in [6.45, 7) is 2.08. The summed E-state index contributed by atoms with van der Waals surface area (Å²) in [5.74, 6) is 0.821. The average molecular weight is 365 g/mol. The lowest BCUT2D eigenvalue weighted by molar-refractivity contribution is 1.43. The Kier molecular flexibility index (Phi) is 4.89. The van der Waals surface area contributed by atoms with Crippen molar-refractivity contribution in [2.45, 2.75) is 6.92 Å². The number of rotatable bonds is 3. The summed E-state index contributed by atoms with van der Waals surface area (Å²) in [5, 5.41) is 3.43. The van der Waals surface area contributed by atoms with E-state index in [1.165, 1.54) is 5.56 Å². The van der Waals surface area contributed by atoms with Gasteiger partial charge in [0.05, 0.1) is 5.69 Å². The summed E-state index contributed by atoms with van der Waals surface area (Å²) < 4.78 is 0.971. The van der Waals surface area contributed by atoms with Gasteiger partial charge in [-0.1, -0.05) is 60.2 Å². The van der Waals surface area contributed by atoms with Crippen molar-refractivity contribution in [3.05, 3.63) is 94.5 Å². The number of nitrogens with zero attached hydrogens (tertiary/aromatic N) is 1. The summed E-state index contributed by atoms with van der Waals surface area (Å²) in [6.07, 6.45) is 0. The summed E-state index contributed by atoms with van der Waals surface area (Å²) in [6, 6.07) is 26.4. The van der Waals surface area contributed by atoms with Gasteiger partial charge in [-0.05, 0) is 47.1 Å². The molecule has 3 aromatic carbocycles. The molecule has 0 atom stereocenters. The van der Waals surface area contributed by atoms with Crippen LogP contribution >= 0.6 is 15.9 Å². The molecule has 3 heteroatoms. The number of hydrogen-bond acceptors (Lipinski definition) is 1. The Balaban J connectivity index is 2.00. The Labute approximate surface area is 145 Å². The molecule has 3 aromatic rings. The lowest BCUT2D eigenvalue weighted by Crippen LogP contribution is -2.13. The van der Waals surface area contributed by atoms with Gasteiger partial charge in [0, 0.05) is 15.7 Å². The van der Waals surface area contributed by atoms with E-state index >= 15 is 0 Å². The Morgan fingerprint density at radius 2 is 1.48 bits per heavy atom. The second-order valence-electron chi connectivity index (χ2n) is 5.27. The van der Waals surface area contributed by atoms with E-state index in [1.807, 2.05) is 42.5 Å². The van der Waals surface area contributed by atoms with E-state index in [-0.39, 0.29) is 0 Å². The number of hydrogen-bond donors (Lipinski definition) is 1. The van der Waals surface area contributed by atoms with Crippen molar-refractivity contribution in [2.75, 3.05) is 5.32 Å². The highest BCUT2D eigenvalue weighted by molar-refractivity contribution is 9.10. The van der Waals surface area contributed by atoms with Gasteiger partial charge < -0.3 is 5.32 Å². The number of aryl methyl sites for hydroxylation is 1. The van der Waals surface area contributed by atoms with E-state index < -0.39 is 0 Å². The van der Waals surface area contributed by atoms with E-state index in [0.29, 0.717) is 0 Å². The van der Waals surface area contributed by atoms with Crippen LogP contribution in [0.25, 0.3) is 0 Å². The third-order valence-electron chi connectivity index (χ3n) is 3.45. The maximum Gasteiger partial charge on any atom is 0.138 e. The van der Waals surface area contributed by atoms with Crippen molar-refractivity contribution in [3.63, 3.8) is 0 Å². The molecule has 0 bridgehead atoms. The van der Waals surface area contributed by atoms with Crippen molar-refractivity contribution in [3.8, 4) is 0 Å². The molecule has 114 valence electrons. The molecule has 0 radical (unpaired) electrons. The van der Waals surface area contributed by atoms with E-state index in [2.05, 4.69) is 64.6 Å². The predicted octanol–water partition coefficient (Wildman–Crippen LogP) is 5.95. The third-order valence-corrected chi connectivity index (χ3v) is 4.12. The van der Waals surface area contributed by atoms with E-state index in [4.69, 9.17) is 4.99 Å². The van der Waals surface area contributed by atoms with Crippen molar-refractivity contribution < 1.29 is 0 Å². The normalized spacial score (nSPS) is 11.3. The standard InChI is InChI=1S/C20H17BrN2/c1-15-11-13-17(14-12-15)22-20(16-7-3-2-4-8-16)23-19-10-6-5-9-18(19)21/h2-14H,1H3,(H,22,23). The largest absolute Gasteiger partial charge is 0.340 e. The highest BCUT2D eigenvalue weighted by Gasteiger charge is 2.06. The first-order chi connectivity index (χ1) is 11.2.